The highest BCUT2D eigenvalue weighted by molar-refractivity contribution is 7.98. The molecular formula is C26H34N4O5S. The molecule has 0 aliphatic heterocycles. The second kappa shape index (κ2) is 14.9. The topological polar surface area (TPSA) is 142 Å². The molecule has 2 rings (SSSR count). The van der Waals surface area contributed by atoms with Crippen LogP contribution in [0.3, 0.4) is 0 Å². The number of phenolic OH excluding ortho intramolecular Hbond substituents is 1. The molecule has 36 heavy (non-hydrogen) atoms. The molecule has 3 amide bonds. The lowest BCUT2D eigenvalue weighted by molar-refractivity contribution is -0.136. The Morgan fingerprint density at radius 3 is 2.28 bits per heavy atom. The van der Waals surface area contributed by atoms with Gasteiger partial charge in [-0.25, -0.2) is 0 Å². The first kappa shape index (κ1) is 28.9. The van der Waals surface area contributed by atoms with Gasteiger partial charge in [0.1, 0.15) is 18.1 Å². The number of carbonyl (C=O) groups excluding carboxylic acids is 4. The Morgan fingerprint density at radius 2 is 1.67 bits per heavy atom. The maximum atomic E-state index is 12.8. The van der Waals surface area contributed by atoms with Crippen molar-refractivity contribution in [3.63, 3.8) is 0 Å². The largest absolute Gasteiger partial charge is 0.508 e. The predicted molar refractivity (Wildman–Crippen MR) is 140 cm³/mol. The summed E-state index contributed by atoms with van der Waals surface area (Å²) in [5.74, 6) is -0.678. The van der Waals surface area contributed by atoms with E-state index >= 15 is 0 Å². The van der Waals surface area contributed by atoms with Crippen LogP contribution in [0.15, 0.2) is 54.6 Å². The summed E-state index contributed by atoms with van der Waals surface area (Å²) < 4.78 is 0. The van der Waals surface area contributed by atoms with Gasteiger partial charge in [-0.15, -0.1) is 0 Å². The van der Waals surface area contributed by atoms with Crippen LogP contribution >= 0.6 is 11.8 Å². The van der Waals surface area contributed by atoms with Crippen molar-refractivity contribution >= 4 is 35.8 Å². The number of hydrogen-bond acceptors (Lipinski definition) is 7. The van der Waals surface area contributed by atoms with Gasteiger partial charge in [0.2, 0.25) is 17.7 Å². The maximum Gasteiger partial charge on any atom is 0.243 e. The lowest BCUT2D eigenvalue weighted by atomic mass is 10.1. The summed E-state index contributed by atoms with van der Waals surface area (Å²) >= 11 is 1.52. The zero-order valence-corrected chi connectivity index (χ0v) is 21.4. The number of likely N-dealkylation sites (N-methyl/N-ethyl adjacent to an activating group) is 1. The van der Waals surface area contributed by atoms with Crippen LogP contribution in [-0.4, -0.2) is 77.7 Å². The molecule has 0 unspecified atom stereocenters. The molecule has 0 bridgehead atoms. The van der Waals surface area contributed by atoms with Gasteiger partial charge in [-0.2, -0.15) is 11.8 Å². The van der Waals surface area contributed by atoms with Crippen LogP contribution in [0.4, 0.5) is 0 Å². The van der Waals surface area contributed by atoms with Gasteiger partial charge in [-0.05, 0) is 54.5 Å². The van der Waals surface area contributed by atoms with Crippen LogP contribution in [-0.2, 0) is 32.0 Å². The van der Waals surface area contributed by atoms with E-state index in [-0.39, 0.29) is 18.7 Å². The SMILES string of the molecule is CSCC[C@@H](NC(=O)[C@@H](N)Cc1ccc(O)cc1)C(=O)NCC(=O)N(C)[C@H](C=O)Cc1ccccc1. The van der Waals surface area contributed by atoms with Gasteiger partial charge in [0.05, 0.1) is 18.6 Å². The van der Waals surface area contributed by atoms with Crippen LogP contribution in [0.1, 0.15) is 17.5 Å². The number of hydrogen-bond donors (Lipinski definition) is 4. The number of thioether (sulfide) groups is 1. The first-order valence-electron chi connectivity index (χ1n) is 11.6. The van der Waals surface area contributed by atoms with Gasteiger partial charge in [-0.1, -0.05) is 42.5 Å². The van der Waals surface area contributed by atoms with E-state index in [9.17, 15) is 24.3 Å². The second-order valence-corrected chi connectivity index (χ2v) is 9.42. The highest BCUT2D eigenvalue weighted by Crippen LogP contribution is 2.11. The molecule has 10 heteroatoms. The first-order valence-corrected chi connectivity index (χ1v) is 13.0. The molecule has 5 N–H and O–H groups in total. The zero-order valence-electron chi connectivity index (χ0n) is 20.6. The fourth-order valence-corrected chi connectivity index (χ4v) is 3.96. The van der Waals surface area contributed by atoms with Crippen molar-refractivity contribution in [1.82, 2.24) is 15.5 Å². The van der Waals surface area contributed by atoms with Crippen molar-refractivity contribution in [2.45, 2.75) is 37.4 Å². The van der Waals surface area contributed by atoms with E-state index in [0.29, 0.717) is 24.9 Å². The minimum atomic E-state index is -0.891. The Bertz CT molecular complexity index is 1000. The molecule has 0 fully saturated rings. The molecule has 0 aliphatic rings. The quantitative estimate of drug-likeness (QED) is 0.274. The molecule has 0 spiro atoms. The summed E-state index contributed by atoms with van der Waals surface area (Å²) in [5.41, 5.74) is 7.72. The zero-order chi connectivity index (χ0) is 26.5. The summed E-state index contributed by atoms with van der Waals surface area (Å²) in [7, 11) is 1.52. The number of rotatable bonds is 14. The molecule has 3 atom stereocenters. The van der Waals surface area contributed by atoms with E-state index in [1.807, 2.05) is 36.6 Å². The van der Waals surface area contributed by atoms with Crippen LogP contribution in [0.25, 0.3) is 0 Å². The van der Waals surface area contributed by atoms with Crippen molar-refractivity contribution in [3.05, 3.63) is 65.7 Å². The molecule has 2 aromatic carbocycles. The van der Waals surface area contributed by atoms with Gasteiger partial charge >= 0.3 is 0 Å². The highest BCUT2D eigenvalue weighted by atomic mass is 32.2. The van der Waals surface area contributed by atoms with Crippen LogP contribution in [0.5, 0.6) is 5.75 Å². The molecule has 0 heterocycles. The van der Waals surface area contributed by atoms with E-state index in [2.05, 4.69) is 10.6 Å². The van der Waals surface area contributed by atoms with Gasteiger partial charge in [-0.3, -0.25) is 14.4 Å². The summed E-state index contributed by atoms with van der Waals surface area (Å²) in [6.07, 6.45) is 3.56. The fourth-order valence-electron chi connectivity index (χ4n) is 3.49. The number of benzene rings is 2. The number of nitrogens with one attached hydrogen (secondary N) is 2. The maximum absolute atomic E-state index is 12.8. The molecule has 9 nitrogen and oxygen atoms in total. The lowest BCUT2D eigenvalue weighted by Gasteiger charge is -2.25. The van der Waals surface area contributed by atoms with Crippen molar-refractivity contribution in [2.24, 2.45) is 5.73 Å². The molecule has 2 aromatic rings. The minimum absolute atomic E-state index is 0.116. The van der Waals surface area contributed by atoms with Gasteiger partial charge in [0, 0.05) is 7.05 Å². The number of amides is 3. The number of phenols is 1. The number of aldehydes is 1. The molecular weight excluding hydrogens is 480 g/mol. The molecule has 0 saturated heterocycles. The molecule has 194 valence electrons. The van der Waals surface area contributed by atoms with E-state index in [1.54, 1.807) is 12.1 Å². The van der Waals surface area contributed by atoms with Crippen molar-refractivity contribution in [2.75, 3.05) is 25.6 Å². The second-order valence-electron chi connectivity index (χ2n) is 8.44. The van der Waals surface area contributed by atoms with Crippen LogP contribution in [0, 0.1) is 0 Å². The predicted octanol–water partition coefficient (Wildman–Crippen LogP) is 0.885. The lowest BCUT2D eigenvalue weighted by Crippen LogP contribution is -2.54. The molecule has 0 radical (unpaired) electrons. The van der Waals surface area contributed by atoms with Gasteiger partial charge in [0.15, 0.2) is 0 Å². The van der Waals surface area contributed by atoms with Crippen molar-refractivity contribution in [3.8, 4) is 5.75 Å². The van der Waals surface area contributed by atoms with E-state index in [0.717, 1.165) is 11.1 Å². The van der Waals surface area contributed by atoms with E-state index in [4.69, 9.17) is 5.73 Å². The highest BCUT2D eigenvalue weighted by Gasteiger charge is 2.25. The van der Waals surface area contributed by atoms with Crippen LogP contribution < -0.4 is 16.4 Å². The number of carbonyl (C=O) groups is 4. The fraction of sp³-hybridized carbons (Fsp3) is 0.385. The van der Waals surface area contributed by atoms with Gasteiger partial charge in [0.25, 0.3) is 0 Å². The Kier molecular flexibility index (Phi) is 11.9. The summed E-state index contributed by atoms with van der Waals surface area (Å²) in [5, 5.41) is 14.7. The number of aromatic hydroxyl groups is 1. The number of nitrogens with two attached hydrogens (primary N) is 1. The Balaban J connectivity index is 1.92. The number of nitrogens with zero attached hydrogens (tertiary/aromatic N) is 1. The van der Waals surface area contributed by atoms with E-state index in [1.165, 1.54) is 35.8 Å². The average Bonchev–Trinajstić information content (AvgIpc) is 2.89. The van der Waals surface area contributed by atoms with E-state index < -0.39 is 35.8 Å². The van der Waals surface area contributed by atoms with Crippen molar-refractivity contribution < 1.29 is 24.3 Å². The van der Waals surface area contributed by atoms with Crippen LogP contribution in [0.2, 0.25) is 0 Å². The average molecular weight is 515 g/mol. The monoisotopic (exact) mass is 514 g/mol. The summed E-state index contributed by atoms with van der Waals surface area (Å²) in [6.45, 7) is -0.306. The third-order valence-electron chi connectivity index (χ3n) is 5.72. The Hall–Kier alpha value is -3.37. The molecule has 0 saturated carbocycles. The third-order valence-corrected chi connectivity index (χ3v) is 6.37. The Morgan fingerprint density at radius 1 is 1.03 bits per heavy atom. The minimum Gasteiger partial charge on any atom is -0.508 e. The third kappa shape index (κ3) is 9.35. The first-order chi connectivity index (χ1) is 17.2. The standard InChI is InChI=1S/C26H34N4O5S/c1-30(20(17-31)14-18-6-4-3-5-7-18)24(33)16-28-26(35)23(12-13-36-2)29-25(34)22(27)15-19-8-10-21(32)11-9-19/h3-11,17,20,22-23,32H,12-16,27H2,1-2H3,(H,28,35)(H,29,34)/t20-,22-,23+/m0/s1. The van der Waals surface area contributed by atoms with Gasteiger partial charge < -0.3 is 31.2 Å². The smallest absolute Gasteiger partial charge is 0.243 e. The summed E-state index contributed by atoms with van der Waals surface area (Å²) in [4.78, 5) is 51.0. The summed E-state index contributed by atoms with van der Waals surface area (Å²) in [6, 6.07) is 13.3. The molecule has 0 aromatic heterocycles. The normalized spacial score (nSPS) is 13.2. The van der Waals surface area contributed by atoms with Crippen molar-refractivity contribution in [1.29, 1.82) is 0 Å². The molecule has 0 aliphatic carbocycles. The Labute approximate surface area is 215 Å².